The molecule has 4 aliphatic heterocycles. The van der Waals surface area contributed by atoms with Gasteiger partial charge in [0.25, 0.3) is 0 Å². The van der Waals surface area contributed by atoms with E-state index in [4.69, 9.17) is 32.5 Å². The molecule has 0 bridgehead atoms. The van der Waals surface area contributed by atoms with Crippen molar-refractivity contribution in [2.45, 2.75) is 37.3 Å². The molecule has 0 spiro atoms. The van der Waals surface area contributed by atoms with Gasteiger partial charge in [-0.2, -0.15) is 9.97 Å². The monoisotopic (exact) mass is 601 g/mol. The molecule has 8 nitrogen and oxygen atoms in total. The zero-order chi connectivity index (χ0) is 29.7. The first-order valence-electron chi connectivity index (χ1n) is 14.8. The Kier molecular flexibility index (Phi) is 7.16. The average Bonchev–Trinajstić information content (AvgIpc) is 3.54. The second kappa shape index (κ2) is 11.0. The Morgan fingerprint density at radius 2 is 2.09 bits per heavy atom. The normalized spacial score (nSPS) is 20.9. The standard InChI is InChI=1S/C33H33ClFN5O3/c1-3-5-8-20-15-22(41)16-24(23(20)4-2)25-27(34)30-26-29(28(25)35)37-32(43-19-33-9-6-12-39(33)13-7-10-33)38-31(26)40-14-11-36-17-21(40)18-42-30/h2-3,5,8,15-16,21,36,41H,1,6-7,9-14,17-19H2/b8-5-. The second-order valence-corrected chi connectivity index (χ2v) is 12.0. The lowest BCUT2D eigenvalue weighted by atomic mass is 9.93. The second-order valence-electron chi connectivity index (χ2n) is 11.7. The first-order chi connectivity index (χ1) is 20.9. The van der Waals surface area contributed by atoms with Crippen LogP contribution in [0.3, 0.4) is 0 Å². The number of anilines is 1. The van der Waals surface area contributed by atoms with Crippen LogP contribution >= 0.6 is 11.6 Å². The molecule has 1 atom stereocenters. The minimum atomic E-state index is -0.684. The summed E-state index contributed by atoms with van der Waals surface area (Å²) in [6.45, 7) is 8.67. The van der Waals surface area contributed by atoms with Crippen LogP contribution in [0.15, 0.2) is 30.9 Å². The molecule has 1 aromatic heterocycles. The van der Waals surface area contributed by atoms with Gasteiger partial charge in [-0.1, -0.05) is 42.3 Å². The average molecular weight is 602 g/mol. The van der Waals surface area contributed by atoms with Crippen LogP contribution < -0.4 is 19.7 Å². The van der Waals surface area contributed by atoms with E-state index in [1.165, 1.54) is 12.1 Å². The van der Waals surface area contributed by atoms with Crippen LogP contribution in [0.4, 0.5) is 10.2 Å². The van der Waals surface area contributed by atoms with E-state index in [2.05, 4.69) is 32.6 Å². The molecular formula is C33H33ClFN5O3. The minimum Gasteiger partial charge on any atom is -0.508 e. The SMILES string of the molecule is C#Cc1c(/C=C\C=C)cc(O)cc1-c1c(Cl)c2c3c(nc(OCC45CCCN4CCC5)nc3c1F)N1CCNCC1CO2. The topological polar surface area (TPSA) is 83.0 Å². The molecule has 0 aliphatic carbocycles. The fourth-order valence-electron chi connectivity index (χ4n) is 7.22. The molecule has 2 aromatic carbocycles. The summed E-state index contributed by atoms with van der Waals surface area (Å²) in [5, 5.41) is 14.5. The van der Waals surface area contributed by atoms with Crippen molar-refractivity contribution in [3.8, 4) is 41.0 Å². The van der Waals surface area contributed by atoms with Gasteiger partial charge in [0.05, 0.1) is 22.0 Å². The molecule has 0 saturated carbocycles. The zero-order valence-electron chi connectivity index (χ0n) is 23.8. The first kappa shape index (κ1) is 28.0. The third kappa shape index (κ3) is 4.60. The number of nitrogens with one attached hydrogen (secondary N) is 1. The molecule has 0 amide bonds. The minimum absolute atomic E-state index is 0.00576. The molecule has 43 heavy (non-hydrogen) atoms. The molecule has 2 N–H and O–H groups in total. The number of aromatic hydroxyl groups is 1. The molecule has 3 aromatic rings. The van der Waals surface area contributed by atoms with Crippen LogP contribution in [-0.2, 0) is 0 Å². The number of phenols is 1. The van der Waals surface area contributed by atoms with Crippen molar-refractivity contribution < 1.29 is 19.0 Å². The van der Waals surface area contributed by atoms with Gasteiger partial charge in [-0.3, -0.25) is 4.90 Å². The predicted octanol–water partition coefficient (Wildman–Crippen LogP) is 5.15. The number of benzene rings is 2. The highest BCUT2D eigenvalue weighted by atomic mass is 35.5. The number of hydrogen-bond acceptors (Lipinski definition) is 8. The summed E-state index contributed by atoms with van der Waals surface area (Å²) >= 11 is 7.01. The number of hydrogen-bond donors (Lipinski definition) is 2. The van der Waals surface area contributed by atoms with E-state index in [1.807, 2.05) is 0 Å². The third-order valence-corrected chi connectivity index (χ3v) is 9.61. The number of allylic oxidation sites excluding steroid dienone is 2. The molecule has 0 radical (unpaired) electrons. The lowest BCUT2D eigenvalue weighted by Gasteiger charge is -2.35. The summed E-state index contributed by atoms with van der Waals surface area (Å²) in [4.78, 5) is 14.2. The van der Waals surface area contributed by atoms with Crippen molar-refractivity contribution in [2.75, 3.05) is 50.8 Å². The highest BCUT2D eigenvalue weighted by Crippen LogP contribution is 2.49. The summed E-state index contributed by atoms with van der Waals surface area (Å²) in [5.74, 6) is 2.72. The van der Waals surface area contributed by atoms with Crippen LogP contribution in [0.1, 0.15) is 36.8 Å². The van der Waals surface area contributed by atoms with Crippen LogP contribution in [0.25, 0.3) is 28.1 Å². The summed E-state index contributed by atoms with van der Waals surface area (Å²) in [5.41, 5.74) is 1.16. The van der Waals surface area contributed by atoms with Gasteiger partial charge in [0.15, 0.2) is 11.6 Å². The Labute approximate surface area is 255 Å². The van der Waals surface area contributed by atoms with Gasteiger partial charge in [0, 0.05) is 36.3 Å². The largest absolute Gasteiger partial charge is 0.508 e. The summed E-state index contributed by atoms with van der Waals surface area (Å²) in [7, 11) is 0. The highest BCUT2D eigenvalue weighted by molar-refractivity contribution is 6.36. The fraction of sp³-hybridized carbons (Fsp3) is 0.394. The van der Waals surface area contributed by atoms with Gasteiger partial charge >= 0.3 is 6.01 Å². The number of ether oxygens (including phenoxy) is 2. The maximum atomic E-state index is 17.0. The Morgan fingerprint density at radius 1 is 1.28 bits per heavy atom. The van der Waals surface area contributed by atoms with Crippen molar-refractivity contribution in [1.29, 1.82) is 0 Å². The van der Waals surface area contributed by atoms with E-state index in [9.17, 15) is 5.11 Å². The molecule has 3 saturated heterocycles. The number of nitrogens with zero attached hydrogens (tertiary/aromatic N) is 4. The fourth-order valence-corrected chi connectivity index (χ4v) is 7.55. The number of terminal acetylenes is 1. The first-order valence-corrected chi connectivity index (χ1v) is 15.2. The molecule has 4 aliphatic rings. The summed E-state index contributed by atoms with van der Waals surface area (Å²) < 4.78 is 29.6. The maximum Gasteiger partial charge on any atom is 0.319 e. The Bertz CT molecular complexity index is 1690. The summed E-state index contributed by atoms with van der Waals surface area (Å²) in [6, 6.07) is 3.01. The van der Waals surface area contributed by atoms with Gasteiger partial charge in [-0.25, -0.2) is 4.39 Å². The van der Waals surface area contributed by atoms with Gasteiger partial charge in [0.2, 0.25) is 0 Å². The number of piperazine rings is 1. The van der Waals surface area contributed by atoms with E-state index >= 15 is 4.39 Å². The maximum absolute atomic E-state index is 17.0. The molecule has 222 valence electrons. The molecule has 10 heteroatoms. The van der Waals surface area contributed by atoms with Crippen LogP contribution in [-0.4, -0.2) is 77.5 Å². The number of phenolic OH excluding ortho intramolecular Hbond substituents is 1. The van der Waals surface area contributed by atoms with Gasteiger partial charge in [-0.15, -0.1) is 6.42 Å². The van der Waals surface area contributed by atoms with Crippen molar-refractivity contribution in [1.82, 2.24) is 20.2 Å². The lowest BCUT2D eigenvalue weighted by molar-refractivity contribution is 0.108. The highest BCUT2D eigenvalue weighted by Gasteiger charge is 2.45. The van der Waals surface area contributed by atoms with Crippen LogP contribution in [0.2, 0.25) is 5.02 Å². The number of aromatic nitrogens is 2. The number of fused-ring (bicyclic) bond motifs is 3. The van der Waals surface area contributed by atoms with E-state index < -0.39 is 5.82 Å². The molecule has 5 heterocycles. The van der Waals surface area contributed by atoms with Gasteiger partial charge < -0.3 is 24.8 Å². The summed E-state index contributed by atoms with van der Waals surface area (Å²) in [6.07, 6.45) is 15.3. The van der Waals surface area contributed by atoms with Crippen molar-refractivity contribution in [3.05, 3.63) is 52.8 Å². The van der Waals surface area contributed by atoms with E-state index in [-0.39, 0.29) is 50.8 Å². The predicted molar refractivity (Wildman–Crippen MR) is 167 cm³/mol. The molecule has 1 unspecified atom stereocenters. The molecule has 7 rings (SSSR count). The molecular weight excluding hydrogens is 569 g/mol. The Morgan fingerprint density at radius 3 is 2.86 bits per heavy atom. The van der Waals surface area contributed by atoms with Crippen LogP contribution in [0, 0.1) is 18.2 Å². The molecule has 3 fully saturated rings. The van der Waals surface area contributed by atoms with E-state index in [1.54, 1.807) is 18.2 Å². The Hall–Kier alpha value is -3.84. The number of rotatable bonds is 6. The van der Waals surface area contributed by atoms with E-state index in [0.717, 1.165) is 45.3 Å². The van der Waals surface area contributed by atoms with Crippen molar-refractivity contribution in [3.63, 3.8) is 0 Å². The number of halogens is 2. The zero-order valence-corrected chi connectivity index (χ0v) is 24.6. The Balaban J connectivity index is 1.44. The van der Waals surface area contributed by atoms with Crippen molar-refractivity contribution >= 4 is 34.4 Å². The lowest BCUT2D eigenvalue weighted by Crippen LogP contribution is -2.53. The third-order valence-electron chi connectivity index (χ3n) is 9.25. The van der Waals surface area contributed by atoms with Crippen LogP contribution in [0.5, 0.6) is 17.5 Å². The van der Waals surface area contributed by atoms with Gasteiger partial charge in [-0.05, 0) is 56.5 Å². The van der Waals surface area contributed by atoms with Crippen molar-refractivity contribution in [2.24, 2.45) is 0 Å². The van der Waals surface area contributed by atoms with E-state index in [0.29, 0.717) is 48.6 Å². The van der Waals surface area contributed by atoms with Gasteiger partial charge in [0.1, 0.15) is 30.3 Å². The quantitative estimate of drug-likeness (QED) is 0.296. The smallest absolute Gasteiger partial charge is 0.319 e.